The first-order valence-electron chi connectivity index (χ1n) is 11.2. The zero-order valence-corrected chi connectivity index (χ0v) is 19.2. The largest absolute Gasteiger partial charge is 0.356 e. The smallest absolute Gasteiger partial charge is 0.242 e. The van der Waals surface area contributed by atoms with Crippen LogP contribution >= 0.6 is 11.8 Å². The second kappa shape index (κ2) is 11.5. The minimum atomic E-state index is -0.458. The molecule has 33 heavy (non-hydrogen) atoms. The van der Waals surface area contributed by atoms with Gasteiger partial charge in [-0.15, -0.1) is 0 Å². The monoisotopic (exact) mass is 457 g/mol. The van der Waals surface area contributed by atoms with Crippen molar-refractivity contribution >= 4 is 34.4 Å². The Hall–Kier alpha value is -3.38. The molecule has 0 bridgehead atoms. The molecule has 0 saturated carbocycles. The number of aliphatic imine (C=N–C) groups is 1. The van der Waals surface area contributed by atoms with Crippen LogP contribution in [0.3, 0.4) is 0 Å². The third-order valence-corrected chi connectivity index (χ3v) is 6.59. The van der Waals surface area contributed by atoms with Crippen molar-refractivity contribution in [2.45, 2.75) is 24.5 Å². The van der Waals surface area contributed by atoms with Gasteiger partial charge in [0.05, 0.1) is 5.69 Å². The first kappa shape index (κ1) is 22.8. The molecule has 3 aromatic rings. The van der Waals surface area contributed by atoms with Gasteiger partial charge in [-0.05, 0) is 36.1 Å². The van der Waals surface area contributed by atoms with Gasteiger partial charge in [-0.3, -0.25) is 14.5 Å². The summed E-state index contributed by atoms with van der Waals surface area (Å²) in [6.07, 6.45) is 1.65. The Balaban J connectivity index is 1.39. The lowest BCUT2D eigenvalue weighted by molar-refractivity contribution is -0.129. The first-order valence-corrected chi connectivity index (χ1v) is 12.0. The molecule has 1 aliphatic heterocycles. The Morgan fingerprint density at radius 2 is 1.42 bits per heavy atom. The molecule has 0 aliphatic carbocycles. The Labute approximate surface area is 198 Å². The van der Waals surface area contributed by atoms with E-state index < -0.39 is 5.25 Å². The molecule has 1 saturated heterocycles. The van der Waals surface area contributed by atoms with Crippen LogP contribution in [-0.2, 0) is 22.4 Å². The van der Waals surface area contributed by atoms with Gasteiger partial charge >= 0.3 is 0 Å². The zero-order chi connectivity index (χ0) is 22.9. The molecule has 5 nitrogen and oxygen atoms in total. The van der Waals surface area contributed by atoms with Gasteiger partial charge in [-0.2, -0.15) is 0 Å². The maximum Gasteiger partial charge on any atom is 0.242 e. The van der Waals surface area contributed by atoms with E-state index in [0.29, 0.717) is 18.3 Å². The number of carbonyl (C=O) groups excluding carboxylic acids is 2. The topological polar surface area (TPSA) is 61.8 Å². The summed E-state index contributed by atoms with van der Waals surface area (Å²) >= 11 is 1.38. The van der Waals surface area contributed by atoms with Crippen molar-refractivity contribution in [2.24, 2.45) is 4.99 Å². The van der Waals surface area contributed by atoms with Gasteiger partial charge in [0.2, 0.25) is 11.8 Å². The van der Waals surface area contributed by atoms with Gasteiger partial charge in [-0.1, -0.05) is 90.6 Å². The van der Waals surface area contributed by atoms with Crippen molar-refractivity contribution in [3.8, 4) is 0 Å². The Morgan fingerprint density at radius 1 is 0.848 bits per heavy atom. The van der Waals surface area contributed by atoms with E-state index in [1.807, 2.05) is 78.9 Å². The fraction of sp³-hybridized carbons (Fsp3) is 0.222. The minimum Gasteiger partial charge on any atom is -0.356 e. The molecule has 1 N–H and O–H groups in total. The molecule has 6 heteroatoms. The van der Waals surface area contributed by atoms with E-state index >= 15 is 0 Å². The Bertz CT molecular complexity index is 1090. The summed E-state index contributed by atoms with van der Waals surface area (Å²) in [5.41, 5.74) is 3.13. The van der Waals surface area contributed by atoms with Crippen LogP contribution < -0.4 is 5.32 Å². The summed E-state index contributed by atoms with van der Waals surface area (Å²) in [7, 11) is 0. The highest BCUT2D eigenvalue weighted by molar-refractivity contribution is 8.15. The molecule has 0 spiro atoms. The maximum atomic E-state index is 13.2. The van der Waals surface area contributed by atoms with Crippen LogP contribution in [0, 0.1) is 0 Å². The van der Waals surface area contributed by atoms with Gasteiger partial charge in [-0.25, -0.2) is 4.99 Å². The number of rotatable bonds is 9. The predicted molar refractivity (Wildman–Crippen MR) is 135 cm³/mol. The summed E-state index contributed by atoms with van der Waals surface area (Å²) in [5.74, 6) is -0.162. The summed E-state index contributed by atoms with van der Waals surface area (Å²) in [5, 5.41) is 3.15. The fourth-order valence-corrected chi connectivity index (χ4v) is 4.84. The lowest BCUT2D eigenvalue weighted by Gasteiger charge is -2.16. The van der Waals surface area contributed by atoms with Gasteiger partial charge in [0.15, 0.2) is 5.17 Å². The van der Waals surface area contributed by atoms with E-state index in [1.54, 1.807) is 4.90 Å². The minimum absolute atomic E-state index is 0.0520. The molecular weight excluding hydrogens is 430 g/mol. The maximum absolute atomic E-state index is 13.2. The lowest BCUT2D eigenvalue weighted by atomic mass is 10.1. The Kier molecular flexibility index (Phi) is 7.93. The fourth-order valence-electron chi connectivity index (χ4n) is 3.66. The molecule has 2 amide bonds. The number of hydrogen-bond donors (Lipinski definition) is 1. The van der Waals surface area contributed by atoms with Crippen molar-refractivity contribution in [1.29, 1.82) is 0 Å². The van der Waals surface area contributed by atoms with Gasteiger partial charge in [0.1, 0.15) is 5.25 Å². The van der Waals surface area contributed by atoms with Crippen molar-refractivity contribution in [2.75, 3.05) is 13.1 Å². The van der Waals surface area contributed by atoms with E-state index in [2.05, 4.69) is 17.4 Å². The molecule has 1 atom stereocenters. The van der Waals surface area contributed by atoms with E-state index in [4.69, 9.17) is 4.99 Å². The first-order chi connectivity index (χ1) is 16.2. The van der Waals surface area contributed by atoms with Crippen LogP contribution in [0.4, 0.5) is 5.69 Å². The number of hydrogen-bond acceptors (Lipinski definition) is 4. The standard InChI is InChI=1S/C27H27N3O2S/c31-25(28-18-16-21-10-4-1-5-11-21)20-24-26(32)30(19-17-22-12-6-2-7-13-22)27(33-24)29-23-14-8-3-9-15-23/h1-15,24H,16-20H2,(H,28,31)/t24-/m0/s1. The third kappa shape index (κ3) is 6.56. The molecule has 1 aliphatic rings. The molecule has 3 aromatic carbocycles. The normalized spacial score (nSPS) is 16.8. The van der Waals surface area contributed by atoms with E-state index in [-0.39, 0.29) is 18.2 Å². The summed E-state index contributed by atoms with van der Waals surface area (Å²) in [6.45, 7) is 1.09. The highest BCUT2D eigenvalue weighted by atomic mass is 32.2. The summed E-state index contributed by atoms with van der Waals surface area (Å²) in [4.78, 5) is 32.2. The second-order valence-corrected chi connectivity index (χ2v) is 9.02. The third-order valence-electron chi connectivity index (χ3n) is 5.42. The van der Waals surface area contributed by atoms with Crippen LogP contribution in [0.15, 0.2) is 96.0 Å². The van der Waals surface area contributed by atoms with Crippen molar-refractivity contribution in [3.05, 3.63) is 102 Å². The van der Waals surface area contributed by atoms with Gasteiger partial charge in [0.25, 0.3) is 0 Å². The number of carbonyl (C=O) groups is 2. The molecule has 168 valence electrons. The van der Waals surface area contributed by atoms with E-state index in [0.717, 1.165) is 24.1 Å². The van der Waals surface area contributed by atoms with Crippen molar-refractivity contribution in [3.63, 3.8) is 0 Å². The van der Waals surface area contributed by atoms with Gasteiger partial charge in [0, 0.05) is 19.5 Å². The van der Waals surface area contributed by atoms with Crippen LogP contribution in [0.1, 0.15) is 17.5 Å². The number of thioether (sulfide) groups is 1. The van der Waals surface area contributed by atoms with E-state index in [9.17, 15) is 9.59 Å². The molecule has 0 unspecified atom stereocenters. The molecule has 0 radical (unpaired) electrons. The average Bonchev–Trinajstić information content (AvgIpc) is 3.13. The quantitative estimate of drug-likeness (QED) is 0.510. The highest BCUT2D eigenvalue weighted by Gasteiger charge is 2.38. The summed E-state index contributed by atoms with van der Waals surface area (Å²) in [6, 6.07) is 29.7. The summed E-state index contributed by atoms with van der Waals surface area (Å²) < 4.78 is 0. The molecule has 0 aromatic heterocycles. The number of amides is 2. The molecule has 1 heterocycles. The highest BCUT2D eigenvalue weighted by Crippen LogP contribution is 2.31. The second-order valence-electron chi connectivity index (χ2n) is 7.85. The predicted octanol–water partition coefficient (Wildman–Crippen LogP) is 4.61. The molecule has 1 fully saturated rings. The van der Waals surface area contributed by atoms with Crippen molar-refractivity contribution in [1.82, 2.24) is 10.2 Å². The van der Waals surface area contributed by atoms with Crippen LogP contribution in [0.2, 0.25) is 0 Å². The number of nitrogens with one attached hydrogen (secondary N) is 1. The van der Waals surface area contributed by atoms with E-state index in [1.165, 1.54) is 17.3 Å². The van der Waals surface area contributed by atoms with Gasteiger partial charge < -0.3 is 5.32 Å². The average molecular weight is 458 g/mol. The SMILES string of the molecule is O=C(C[C@@H]1SC(=Nc2ccccc2)N(CCc2ccccc2)C1=O)NCCc1ccccc1. The number of nitrogens with zero attached hydrogens (tertiary/aromatic N) is 2. The lowest BCUT2D eigenvalue weighted by Crippen LogP contribution is -2.36. The van der Waals surface area contributed by atoms with Crippen LogP contribution in [-0.4, -0.2) is 40.2 Å². The molecular formula is C27H27N3O2S. The Morgan fingerprint density at radius 3 is 2.06 bits per heavy atom. The number of amidine groups is 1. The van der Waals surface area contributed by atoms with Crippen LogP contribution in [0.25, 0.3) is 0 Å². The number of para-hydroxylation sites is 1. The molecule has 4 rings (SSSR count). The van der Waals surface area contributed by atoms with Crippen molar-refractivity contribution < 1.29 is 9.59 Å². The zero-order valence-electron chi connectivity index (χ0n) is 18.4. The number of benzene rings is 3. The van der Waals surface area contributed by atoms with Crippen LogP contribution in [0.5, 0.6) is 0 Å².